The van der Waals surface area contributed by atoms with Crippen LogP contribution in [0.4, 0.5) is 39.5 Å². The third kappa shape index (κ3) is 19.1. The number of halogens is 9. The number of nitrogens with two attached hydrogens (primary N) is 1. The van der Waals surface area contributed by atoms with Gasteiger partial charge in [-0.05, 0) is 163 Å². The number of pyridine rings is 4. The van der Waals surface area contributed by atoms with Gasteiger partial charge >= 0.3 is 5.97 Å². The molecule has 6 aromatic carbocycles. The predicted molar refractivity (Wildman–Crippen MR) is 493 cm³/mol. The Hall–Kier alpha value is -14.6. The van der Waals surface area contributed by atoms with Crippen molar-refractivity contribution in [2.75, 3.05) is 6.61 Å². The fourth-order valence-corrected chi connectivity index (χ4v) is 22.7. The Morgan fingerprint density at radius 1 is 0.359 bits per heavy atom. The highest BCUT2D eigenvalue weighted by Gasteiger charge is 2.54. The molecule has 4 atom stereocenters. The van der Waals surface area contributed by atoms with E-state index >= 15 is 0 Å². The minimum Gasteiger partial charge on any atom is -0.503 e. The number of carbonyl (C=O) groups is 8. The van der Waals surface area contributed by atoms with E-state index in [2.05, 4.69) is 16.0 Å². The number of rotatable bonds is 18. The molecule has 4 aromatic heterocycles. The molecule has 4 saturated carbocycles. The van der Waals surface area contributed by atoms with E-state index in [-0.39, 0.29) is 197 Å². The van der Waals surface area contributed by atoms with E-state index < -0.39 is 109 Å². The molecule has 16 aliphatic rings. The monoisotopic (exact) mass is 1960 g/mol. The van der Waals surface area contributed by atoms with Gasteiger partial charge in [0.15, 0.2) is 45.8 Å². The molecule has 7 N–H and O–H groups in total. The average molecular weight is 1960 g/mol. The molecule has 26 rings (SSSR count). The van der Waals surface area contributed by atoms with Crippen molar-refractivity contribution in [3.63, 3.8) is 0 Å². The lowest BCUT2D eigenvalue weighted by molar-refractivity contribution is -0.0186. The Kier molecular flexibility index (Phi) is 28.1. The average Bonchev–Trinajstić information content (AvgIpc) is 0.736. The fraction of sp³-hybridized carbons (Fsp3) is 0.385. The van der Waals surface area contributed by atoms with Crippen LogP contribution >= 0.6 is 0 Å². The van der Waals surface area contributed by atoms with Crippen LogP contribution in [0.15, 0.2) is 171 Å². The number of nitrogens with zero attached hydrogens (tertiary/aromatic N) is 8. The second-order valence-electron chi connectivity index (χ2n) is 37.8. The van der Waals surface area contributed by atoms with Gasteiger partial charge in [-0.1, -0.05) is 78.9 Å². The molecule has 38 heteroatoms. The maximum absolute atomic E-state index is 14.1. The Morgan fingerprint density at radius 3 is 0.944 bits per heavy atom. The van der Waals surface area contributed by atoms with Gasteiger partial charge in [0, 0.05) is 154 Å². The van der Waals surface area contributed by atoms with E-state index in [4.69, 9.17) is 19.9 Å². The van der Waals surface area contributed by atoms with Crippen molar-refractivity contribution >= 4 is 47.3 Å². The lowest BCUT2D eigenvalue weighted by Crippen LogP contribution is -2.62. The smallest absolute Gasteiger partial charge is 0.343 e. The molecule has 0 spiro atoms. The number of nitrogens with one attached hydrogen (secondary N) is 3. The lowest BCUT2D eigenvalue weighted by Gasteiger charge is -2.54. The van der Waals surface area contributed by atoms with Crippen molar-refractivity contribution in [3.05, 3.63) is 324 Å². The summed E-state index contributed by atoms with van der Waals surface area (Å²) >= 11 is 0. The van der Waals surface area contributed by atoms with Gasteiger partial charge in [-0.3, -0.25) is 52.7 Å². The molecule has 29 nitrogen and oxygen atoms in total. The number of hydrogen-bond acceptors (Lipinski definition) is 18. The first kappa shape index (κ1) is 97.6. The number of amides is 7. The van der Waals surface area contributed by atoms with Crippen molar-refractivity contribution in [2.45, 2.75) is 224 Å². The Balaban J connectivity index is 0.000000121. The predicted octanol–water partition coefficient (Wildman–Crippen LogP) is 12.9. The van der Waals surface area contributed by atoms with Crippen molar-refractivity contribution in [1.29, 1.82) is 0 Å². The van der Waals surface area contributed by atoms with E-state index in [1.54, 1.807) is 16.1 Å². The van der Waals surface area contributed by atoms with Crippen molar-refractivity contribution in [2.24, 2.45) is 29.4 Å². The molecule has 0 unspecified atom stereocenters. The summed E-state index contributed by atoms with van der Waals surface area (Å²) in [6, 6.07) is 29.6. The number of ether oxygens (including phenoxy) is 3. The molecule has 7 amide bonds. The number of esters is 1. The maximum atomic E-state index is 14.1. The third-order valence-corrected chi connectivity index (χ3v) is 29.8. The number of piperidine rings is 8. The molecule has 8 saturated heterocycles. The summed E-state index contributed by atoms with van der Waals surface area (Å²) in [5, 5.41) is 28.4. The van der Waals surface area contributed by atoms with Gasteiger partial charge in [0.25, 0.3) is 41.4 Å². The van der Waals surface area contributed by atoms with Gasteiger partial charge in [0.1, 0.15) is 87.8 Å². The molecule has 16 heterocycles. The van der Waals surface area contributed by atoms with Gasteiger partial charge in [0.2, 0.25) is 21.7 Å². The first-order valence-corrected chi connectivity index (χ1v) is 47.6. The Labute approximate surface area is 806 Å². The minimum atomic E-state index is -0.947. The van der Waals surface area contributed by atoms with Crippen LogP contribution in [0.5, 0.6) is 23.0 Å². The van der Waals surface area contributed by atoms with Gasteiger partial charge < -0.3 is 84.0 Å². The van der Waals surface area contributed by atoms with Gasteiger partial charge in [-0.25, -0.2) is 44.3 Å². The van der Waals surface area contributed by atoms with Crippen LogP contribution in [-0.2, 0) is 70.3 Å². The quantitative estimate of drug-likeness (QED) is 0.0343. The van der Waals surface area contributed by atoms with Crippen molar-refractivity contribution in [1.82, 2.24) is 53.8 Å². The van der Waals surface area contributed by atoms with E-state index in [9.17, 15) is 107 Å². The van der Waals surface area contributed by atoms with Crippen molar-refractivity contribution in [3.8, 4) is 23.0 Å². The highest BCUT2D eigenvalue weighted by Crippen LogP contribution is 2.49. The van der Waals surface area contributed by atoms with Crippen molar-refractivity contribution < 1.29 is 102 Å². The molecule has 8 bridgehead atoms. The number of aromatic hydroxyl groups is 2. The zero-order valence-electron chi connectivity index (χ0n) is 77.0. The Bertz CT molecular complexity index is 6730. The summed E-state index contributed by atoms with van der Waals surface area (Å²) in [6.07, 6.45) is 21.7. The van der Waals surface area contributed by atoms with Crippen LogP contribution in [0.2, 0.25) is 0 Å². The van der Waals surface area contributed by atoms with Crippen LogP contribution in [-0.4, -0.2) is 150 Å². The van der Waals surface area contributed by atoms with Crippen LogP contribution in [0.1, 0.15) is 226 Å². The van der Waals surface area contributed by atoms with E-state index in [0.29, 0.717) is 74.1 Å². The highest BCUT2D eigenvalue weighted by molar-refractivity contribution is 6.03. The van der Waals surface area contributed by atoms with Crippen LogP contribution in [0.25, 0.3) is 0 Å². The first-order valence-electron chi connectivity index (χ1n) is 47.6. The van der Waals surface area contributed by atoms with Gasteiger partial charge in [0.05, 0.1) is 30.8 Å². The maximum Gasteiger partial charge on any atom is 0.343 e. The molecule has 142 heavy (non-hydrogen) atoms. The van der Waals surface area contributed by atoms with E-state index in [1.807, 2.05) is 80.3 Å². The topological polar surface area (TPSA) is 368 Å². The van der Waals surface area contributed by atoms with E-state index in [0.717, 1.165) is 138 Å². The SMILES string of the molecule is CCOC(=O)c1cn2c(c(OCc3ccccc3)c1=O)C(=O)N1C3CCC(CC3)[C@H]1C2.NCc1c(F)cc(F)cc1F.O=C(NCc1ccc(F)cc1F)c1cn2c(c(O)c1=O)C(=O)N1C3CCC(CC3)[C@H]1C2.O=C(NCc1ccc(F)cc1F)c1cn2c(c(O)c1=O)C(=O)N1C3CCC(CC3)[C@H]1C2.O=C(NCc1ccc(F)cc1F)c1cn2c(c(OCc3ccccc3)c1=O)C(=O)N1C3CCC(CC3)[C@H]1C2. The number of carbonyl (C=O) groups excluding carboxylic acids is 8. The second kappa shape index (κ2) is 40.9. The zero-order valence-corrected chi connectivity index (χ0v) is 77.0. The van der Waals surface area contributed by atoms with Gasteiger partial charge in [-0.2, -0.15) is 0 Å². The van der Waals surface area contributed by atoms with E-state index in [1.165, 1.54) is 52.1 Å². The first-order chi connectivity index (χ1) is 68.3. The summed E-state index contributed by atoms with van der Waals surface area (Å²) in [6.45, 7) is 2.89. The number of fused-ring (bicyclic) bond motifs is 12. The summed E-state index contributed by atoms with van der Waals surface area (Å²) in [4.78, 5) is 164. The minimum absolute atomic E-state index is 0.0104. The molecule has 0 radical (unpaired) electrons. The summed E-state index contributed by atoms with van der Waals surface area (Å²) < 4.78 is 142. The fourth-order valence-electron chi connectivity index (χ4n) is 22.7. The molecule has 4 aliphatic carbocycles. The summed E-state index contributed by atoms with van der Waals surface area (Å²) in [7, 11) is 0. The standard InChI is InChI=1S/C29H27F2N3O4.C24H26N2O5.2C22H21F2N3O4.C7H6F3N/c30-20-9-6-19(23(31)12-20)13-32-28(36)22-14-33-15-24-18-7-10-21(11-8-18)34(24)29(37)25(33)27(26(22)35)38-16-17-4-2-1-3-5-17;1-2-30-24(29)18-12-25-13-19-16-8-10-17(11-9-16)26(19)23(28)20(25)22(21(18)27)31-14-15-6-4-3-5-7-15;2*23-13-4-1-12(16(24)7-13)8-25-21(30)15-9-26-10-17-11-2-5-14(6-3-11)27(17)22(31)18(26)20(29)19(15)28;8-4-1-6(9)5(3-11)7(10)2-4/h1-6,9,12,14,18,21,24H,7-8,10-11,13,15-16H2,(H,32,36);3-7,12,16-17,19H,2,8-11,13-14H2,1H3;2*1,4,7,9,11,14,17,29H,2-3,5-6,8,10H2,(H,25,30);1-2H,3,11H2/t18?,21?,24-;16?,17?,19-;2*11?,14?,17-;/m1111./s1. The molecular weight excluding hydrogens is 1860 g/mol. The molecule has 12 aliphatic heterocycles. The second-order valence-corrected chi connectivity index (χ2v) is 37.8. The summed E-state index contributed by atoms with van der Waals surface area (Å²) in [5.74, 6) is -11.7. The number of benzene rings is 6. The molecule has 742 valence electrons. The third-order valence-electron chi connectivity index (χ3n) is 29.8. The molecule has 12 fully saturated rings. The van der Waals surface area contributed by atoms with Gasteiger partial charge in [-0.15, -0.1) is 0 Å². The van der Waals surface area contributed by atoms with Crippen LogP contribution < -0.4 is 52.9 Å². The van der Waals surface area contributed by atoms with Crippen LogP contribution in [0.3, 0.4) is 0 Å². The lowest BCUT2D eigenvalue weighted by atomic mass is 9.73. The largest absolute Gasteiger partial charge is 0.503 e. The number of aromatic nitrogens is 4. The number of hydrogen-bond donors (Lipinski definition) is 6. The normalized spacial score (nSPS) is 22.2. The Morgan fingerprint density at radius 2 is 0.641 bits per heavy atom. The summed E-state index contributed by atoms with van der Waals surface area (Å²) in [5.41, 5.74) is 2.72. The molecule has 10 aromatic rings. The zero-order chi connectivity index (χ0) is 100. The highest BCUT2D eigenvalue weighted by atomic mass is 19.2. The van der Waals surface area contributed by atoms with Crippen LogP contribution in [0, 0.1) is 76.0 Å². The molecular formula is C104H101F9N12O17.